The van der Waals surface area contributed by atoms with E-state index in [9.17, 15) is 53.4 Å². The van der Waals surface area contributed by atoms with Gasteiger partial charge in [-0.05, 0) is 53.2 Å². The van der Waals surface area contributed by atoms with Crippen LogP contribution in [-0.4, -0.2) is 35.6 Å². The summed E-state index contributed by atoms with van der Waals surface area (Å²) >= 11 is -0.332. The first kappa shape index (κ1) is 32.3. The number of nitrogens with zero attached hydrogens (tertiary/aromatic N) is 1. The number of hydrogen-bond donors (Lipinski definition) is 1. The van der Waals surface area contributed by atoms with Crippen molar-refractivity contribution in [2.24, 2.45) is 0 Å². The lowest BCUT2D eigenvalue weighted by Gasteiger charge is -2.29. The Kier molecular flexibility index (Phi) is 9.73. The first-order valence-electron chi connectivity index (χ1n) is 11.5. The smallest absolute Gasteiger partial charge is 0.458 e. The van der Waals surface area contributed by atoms with Crippen LogP contribution in [0.25, 0.3) is 0 Å². The summed E-state index contributed by atoms with van der Waals surface area (Å²) in [5.74, 6) is -5.16. The maximum absolute atomic E-state index is 13.9. The molecule has 41 heavy (non-hydrogen) atoms. The molecule has 0 radical (unpaired) electrons. The van der Waals surface area contributed by atoms with Gasteiger partial charge in [-0.15, -0.1) is 0 Å². The summed E-state index contributed by atoms with van der Waals surface area (Å²) in [6.45, 7) is -1.94. The molecule has 1 unspecified atom stereocenters. The number of thioether (sulfide) groups is 1. The molecule has 15 heteroatoms. The number of aliphatic hydroxyl groups is 1. The number of anilines is 1. The van der Waals surface area contributed by atoms with E-state index in [0.29, 0.717) is 17.7 Å². The lowest BCUT2D eigenvalue weighted by atomic mass is 10.0. The molecule has 3 rings (SSSR count). The van der Waals surface area contributed by atoms with Crippen LogP contribution < -0.4 is 9.64 Å². The molecule has 1 N–H and O–H groups in total. The van der Waals surface area contributed by atoms with E-state index in [-0.39, 0.29) is 40.3 Å². The maximum Gasteiger partial charge on any atom is 0.458 e. The zero-order valence-corrected chi connectivity index (χ0v) is 21.3. The third-order valence-corrected chi connectivity index (χ3v) is 6.23. The number of alkyl halides is 11. The van der Waals surface area contributed by atoms with Gasteiger partial charge in [0.25, 0.3) is 0 Å². The molecule has 0 saturated heterocycles. The van der Waals surface area contributed by atoms with E-state index in [0.717, 1.165) is 17.0 Å². The Balaban J connectivity index is 1.86. The number of ether oxygens (including phenoxy) is 1. The van der Waals surface area contributed by atoms with Gasteiger partial charge in [0.05, 0.1) is 6.54 Å². The summed E-state index contributed by atoms with van der Waals surface area (Å²) in [5.41, 5.74) is -5.80. The normalized spacial score (nSPS) is 13.7. The van der Waals surface area contributed by atoms with E-state index in [4.69, 9.17) is 4.74 Å². The second-order valence-electron chi connectivity index (χ2n) is 8.69. The molecule has 0 amide bonds. The zero-order chi connectivity index (χ0) is 30.6. The molecule has 0 saturated carbocycles. The summed E-state index contributed by atoms with van der Waals surface area (Å²) in [7, 11) is 0. The first-order chi connectivity index (χ1) is 18.8. The molecular weight excluding hydrogens is 599 g/mol. The van der Waals surface area contributed by atoms with Crippen molar-refractivity contribution in [3.8, 4) is 5.75 Å². The number of rotatable bonds is 10. The molecule has 0 spiro atoms. The molecule has 0 bridgehead atoms. The van der Waals surface area contributed by atoms with E-state index in [1.807, 2.05) is 0 Å². The zero-order valence-electron chi connectivity index (χ0n) is 20.5. The van der Waals surface area contributed by atoms with Crippen LogP contribution in [0.3, 0.4) is 0 Å². The molecule has 0 aromatic heterocycles. The van der Waals surface area contributed by atoms with Gasteiger partial charge >= 0.3 is 23.8 Å². The monoisotopic (exact) mass is 619 g/mol. The quantitative estimate of drug-likeness (QED) is 0.182. The van der Waals surface area contributed by atoms with Gasteiger partial charge in [-0.25, -0.2) is 0 Å². The summed E-state index contributed by atoms with van der Waals surface area (Å²) in [6.07, 6.45) is -13.9. The summed E-state index contributed by atoms with van der Waals surface area (Å²) in [6, 6.07) is 13.7. The Morgan fingerprint density at radius 2 is 1.39 bits per heavy atom. The van der Waals surface area contributed by atoms with Crippen molar-refractivity contribution in [1.82, 2.24) is 0 Å². The second kappa shape index (κ2) is 12.3. The highest BCUT2D eigenvalue weighted by atomic mass is 32.2. The molecule has 0 aliphatic heterocycles. The highest BCUT2D eigenvalue weighted by Crippen LogP contribution is 2.44. The Morgan fingerprint density at radius 1 is 0.756 bits per heavy atom. The van der Waals surface area contributed by atoms with Crippen LogP contribution in [0, 0.1) is 0 Å². The van der Waals surface area contributed by atoms with Gasteiger partial charge in [-0.2, -0.15) is 48.3 Å². The Bertz CT molecular complexity index is 1310. The Labute approximate surface area is 230 Å². The van der Waals surface area contributed by atoms with Crippen LogP contribution in [0.5, 0.6) is 5.75 Å². The SMILES string of the molecule is OC(CN(Cc1cccc(C(F)(F)C(F)(F)F)c1)c1cccc(OCc2cccc(SC(F)(F)F)c2)c1)C(F)(F)F. The van der Waals surface area contributed by atoms with E-state index in [1.54, 1.807) is 0 Å². The van der Waals surface area contributed by atoms with Crippen molar-refractivity contribution in [3.63, 3.8) is 0 Å². The van der Waals surface area contributed by atoms with Crippen LogP contribution in [0.4, 0.5) is 54.0 Å². The molecule has 3 aromatic carbocycles. The summed E-state index contributed by atoms with van der Waals surface area (Å²) in [5, 5.41) is 9.67. The minimum absolute atomic E-state index is 0.0137. The van der Waals surface area contributed by atoms with Crippen LogP contribution in [0.15, 0.2) is 77.7 Å². The molecule has 3 aromatic rings. The molecular formula is C26H20F11NO2S. The van der Waals surface area contributed by atoms with Crippen molar-refractivity contribution >= 4 is 17.4 Å². The fourth-order valence-corrected chi connectivity index (χ4v) is 4.22. The van der Waals surface area contributed by atoms with Crippen molar-refractivity contribution in [2.45, 2.75) is 47.9 Å². The third kappa shape index (κ3) is 9.15. The first-order valence-corrected chi connectivity index (χ1v) is 12.3. The van der Waals surface area contributed by atoms with Gasteiger partial charge in [0, 0.05) is 28.8 Å². The molecule has 0 aliphatic carbocycles. The van der Waals surface area contributed by atoms with E-state index in [2.05, 4.69) is 0 Å². The number of hydrogen-bond acceptors (Lipinski definition) is 4. The average molecular weight is 619 g/mol. The number of halogens is 11. The average Bonchev–Trinajstić information content (AvgIpc) is 2.85. The lowest BCUT2D eigenvalue weighted by molar-refractivity contribution is -0.289. The van der Waals surface area contributed by atoms with Crippen LogP contribution in [0.2, 0.25) is 0 Å². The highest BCUT2D eigenvalue weighted by Gasteiger charge is 2.58. The van der Waals surface area contributed by atoms with Crippen molar-refractivity contribution in [2.75, 3.05) is 11.4 Å². The molecule has 0 aliphatic rings. The topological polar surface area (TPSA) is 32.7 Å². The van der Waals surface area contributed by atoms with E-state index >= 15 is 0 Å². The van der Waals surface area contributed by atoms with E-state index in [1.165, 1.54) is 48.5 Å². The van der Waals surface area contributed by atoms with Gasteiger partial charge in [0.2, 0.25) is 0 Å². The van der Waals surface area contributed by atoms with Crippen LogP contribution >= 0.6 is 11.8 Å². The fourth-order valence-electron chi connectivity index (χ4n) is 3.59. The van der Waals surface area contributed by atoms with Crippen LogP contribution in [-0.2, 0) is 19.1 Å². The Morgan fingerprint density at radius 3 is 2.02 bits per heavy atom. The third-order valence-electron chi connectivity index (χ3n) is 5.51. The van der Waals surface area contributed by atoms with E-state index < -0.39 is 48.5 Å². The second-order valence-corrected chi connectivity index (χ2v) is 9.83. The lowest BCUT2D eigenvalue weighted by Crippen LogP contribution is -2.41. The minimum Gasteiger partial charge on any atom is -0.489 e. The number of aliphatic hydroxyl groups excluding tert-OH is 1. The predicted molar refractivity (Wildman–Crippen MR) is 129 cm³/mol. The van der Waals surface area contributed by atoms with Gasteiger partial charge < -0.3 is 14.7 Å². The highest BCUT2D eigenvalue weighted by molar-refractivity contribution is 8.00. The minimum atomic E-state index is -5.91. The van der Waals surface area contributed by atoms with Gasteiger partial charge in [-0.3, -0.25) is 0 Å². The predicted octanol–water partition coefficient (Wildman–Crippen LogP) is 8.46. The summed E-state index contributed by atoms with van der Waals surface area (Å²) < 4.78 is 149. The molecule has 3 nitrogen and oxygen atoms in total. The number of benzene rings is 3. The van der Waals surface area contributed by atoms with Gasteiger partial charge in [0.15, 0.2) is 6.10 Å². The van der Waals surface area contributed by atoms with Gasteiger partial charge in [0.1, 0.15) is 12.4 Å². The fraction of sp³-hybridized carbons (Fsp3) is 0.308. The van der Waals surface area contributed by atoms with Crippen LogP contribution in [0.1, 0.15) is 16.7 Å². The van der Waals surface area contributed by atoms with Crippen molar-refractivity contribution in [3.05, 3.63) is 89.5 Å². The largest absolute Gasteiger partial charge is 0.489 e. The molecule has 0 heterocycles. The molecule has 1 atom stereocenters. The van der Waals surface area contributed by atoms with Gasteiger partial charge in [-0.1, -0.05) is 36.4 Å². The standard InChI is InChI=1S/C26H20F11NO2S/c27-23(28,25(32,33)34)18-6-1-4-16(10-18)13-38(14-22(39)24(29,30)31)19-7-3-8-20(12-19)40-15-17-5-2-9-21(11-17)41-26(35,36)37/h1-12,22,39H,13-15H2. The maximum atomic E-state index is 13.9. The Hall–Kier alpha value is -3.20. The summed E-state index contributed by atoms with van der Waals surface area (Å²) in [4.78, 5) is 0.814. The van der Waals surface area contributed by atoms with Crippen molar-refractivity contribution < 1.29 is 58.1 Å². The van der Waals surface area contributed by atoms with Crippen molar-refractivity contribution in [1.29, 1.82) is 0 Å². The molecule has 224 valence electrons. The molecule has 0 fully saturated rings.